The Kier molecular flexibility index (Phi) is 7.80. The summed E-state index contributed by atoms with van der Waals surface area (Å²) in [6.07, 6.45) is 5.84. The van der Waals surface area contributed by atoms with Gasteiger partial charge in [0, 0.05) is 43.4 Å². The van der Waals surface area contributed by atoms with E-state index in [-0.39, 0.29) is 39.9 Å². The minimum Gasteiger partial charge on any atom is -0.480 e. The summed E-state index contributed by atoms with van der Waals surface area (Å²) in [5.74, 6) is -1.73. The largest absolute Gasteiger partial charge is 0.480 e. The third-order valence-electron chi connectivity index (χ3n) is 5.45. The second-order valence-electron chi connectivity index (χ2n) is 7.99. The number of carboxylic acids is 1. The Morgan fingerprint density at radius 3 is 2.19 bits per heavy atom. The Morgan fingerprint density at radius 1 is 0.892 bits per heavy atom. The highest BCUT2D eigenvalue weighted by Crippen LogP contribution is 2.24. The molecular weight excluding hydrogens is 521 g/mol. The van der Waals surface area contributed by atoms with Gasteiger partial charge in [-0.1, -0.05) is 41.4 Å². The SMILES string of the molecule is O=C(Nc1ccc(C[C@H](Nc2c(NCc3cccnc3)c(=O)c2=O)C(=O)O)cc1)c1c(Cl)cncc1Cl. The highest BCUT2D eigenvalue weighted by atomic mass is 35.5. The van der Waals surface area contributed by atoms with E-state index < -0.39 is 28.8 Å². The van der Waals surface area contributed by atoms with Crippen molar-refractivity contribution < 1.29 is 14.7 Å². The predicted octanol–water partition coefficient (Wildman–Crippen LogP) is 3.35. The van der Waals surface area contributed by atoms with Crippen LogP contribution in [0.15, 0.2) is 70.8 Å². The second kappa shape index (κ2) is 11.2. The molecule has 0 aliphatic heterocycles. The molecule has 0 saturated heterocycles. The van der Waals surface area contributed by atoms with Crippen molar-refractivity contribution in [2.75, 3.05) is 16.0 Å². The minimum atomic E-state index is -1.20. The first-order chi connectivity index (χ1) is 17.7. The molecule has 2 aromatic heterocycles. The number of nitrogens with zero attached hydrogens (tertiary/aromatic N) is 2. The maximum atomic E-state index is 12.5. The molecule has 0 aliphatic carbocycles. The van der Waals surface area contributed by atoms with Crippen LogP contribution in [0.2, 0.25) is 10.0 Å². The van der Waals surface area contributed by atoms with Gasteiger partial charge in [-0.15, -0.1) is 0 Å². The van der Waals surface area contributed by atoms with Crippen LogP contribution in [-0.4, -0.2) is 33.0 Å². The van der Waals surface area contributed by atoms with Crippen molar-refractivity contribution in [3.63, 3.8) is 0 Å². The molecule has 0 aliphatic rings. The number of halogens is 2. The maximum Gasteiger partial charge on any atom is 0.326 e. The van der Waals surface area contributed by atoms with E-state index in [0.29, 0.717) is 11.3 Å². The molecule has 0 unspecified atom stereocenters. The van der Waals surface area contributed by atoms with E-state index in [1.807, 2.05) is 0 Å². The first-order valence-electron chi connectivity index (χ1n) is 10.9. The summed E-state index contributed by atoms with van der Waals surface area (Å²) in [4.78, 5) is 56.4. The van der Waals surface area contributed by atoms with Crippen molar-refractivity contribution in [1.82, 2.24) is 9.97 Å². The van der Waals surface area contributed by atoms with Crippen LogP contribution in [0, 0.1) is 0 Å². The number of amides is 1. The van der Waals surface area contributed by atoms with Crippen LogP contribution >= 0.6 is 23.2 Å². The number of pyridine rings is 2. The quantitative estimate of drug-likeness (QED) is 0.222. The van der Waals surface area contributed by atoms with E-state index in [9.17, 15) is 24.3 Å². The number of aromatic nitrogens is 2. The molecule has 4 rings (SSSR count). The molecule has 188 valence electrons. The summed E-state index contributed by atoms with van der Waals surface area (Å²) in [5, 5.41) is 18.1. The zero-order valence-corrected chi connectivity index (χ0v) is 20.5. The molecule has 2 aromatic carbocycles. The summed E-state index contributed by atoms with van der Waals surface area (Å²) in [7, 11) is 0. The van der Waals surface area contributed by atoms with E-state index in [0.717, 1.165) is 5.56 Å². The number of nitrogens with one attached hydrogen (secondary N) is 3. The van der Waals surface area contributed by atoms with Crippen LogP contribution in [0.3, 0.4) is 0 Å². The molecule has 4 aromatic rings. The van der Waals surface area contributed by atoms with Crippen LogP contribution in [0.5, 0.6) is 0 Å². The minimum absolute atomic E-state index is 0.00638. The number of hydrogen-bond acceptors (Lipinski definition) is 8. The van der Waals surface area contributed by atoms with Gasteiger partial charge in [-0.3, -0.25) is 24.4 Å². The van der Waals surface area contributed by atoms with Gasteiger partial charge in [0.25, 0.3) is 16.8 Å². The van der Waals surface area contributed by atoms with Crippen LogP contribution < -0.4 is 26.8 Å². The molecule has 12 heteroatoms. The topological polar surface area (TPSA) is 150 Å². The summed E-state index contributed by atoms with van der Waals surface area (Å²) in [6, 6.07) is 8.79. The summed E-state index contributed by atoms with van der Waals surface area (Å²) < 4.78 is 0. The van der Waals surface area contributed by atoms with Crippen LogP contribution in [0.1, 0.15) is 21.5 Å². The number of anilines is 3. The molecule has 37 heavy (non-hydrogen) atoms. The maximum absolute atomic E-state index is 12.5. The standard InChI is InChI=1S/C25H19Cl2N5O5/c26-16-11-29-12-17(27)19(16)24(35)31-15-5-3-13(4-6-15)8-18(25(36)37)32-21-20(22(33)23(21)34)30-10-14-2-1-7-28-9-14/h1-7,9,11-12,18,30,32H,8,10H2,(H,31,35)(H,36,37)/t18-/m0/s1. The Balaban J connectivity index is 1.42. The fraction of sp³-hybridized carbons (Fsp3) is 0.120. The van der Waals surface area contributed by atoms with E-state index in [1.54, 1.807) is 48.8 Å². The molecule has 2 heterocycles. The first kappa shape index (κ1) is 25.8. The summed E-state index contributed by atoms with van der Waals surface area (Å²) >= 11 is 12.0. The fourth-order valence-corrected chi connectivity index (χ4v) is 4.08. The molecule has 1 amide bonds. The summed E-state index contributed by atoms with van der Waals surface area (Å²) in [6.45, 7) is 0.244. The Labute approximate surface area is 220 Å². The Morgan fingerprint density at radius 2 is 1.57 bits per heavy atom. The molecule has 10 nitrogen and oxygen atoms in total. The number of aliphatic carboxylic acids is 1. The highest BCUT2D eigenvalue weighted by molar-refractivity contribution is 6.40. The third kappa shape index (κ3) is 5.93. The van der Waals surface area contributed by atoms with E-state index in [4.69, 9.17) is 23.2 Å². The fourth-order valence-electron chi connectivity index (χ4n) is 3.55. The zero-order chi connectivity index (χ0) is 26.5. The lowest BCUT2D eigenvalue weighted by molar-refractivity contribution is -0.137. The normalized spacial score (nSPS) is 11.6. The number of benzene rings is 1. The molecule has 0 radical (unpaired) electrons. The lowest BCUT2D eigenvalue weighted by Gasteiger charge is -2.20. The van der Waals surface area contributed by atoms with Gasteiger partial charge in [0.1, 0.15) is 17.4 Å². The van der Waals surface area contributed by atoms with Gasteiger partial charge in [-0.25, -0.2) is 4.79 Å². The Hall–Kier alpha value is -4.28. The molecule has 0 spiro atoms. The zero-order valence-electron chi connectivity index (χ0n) is 19.0. The lowest BCUT2D eigenvalue weighted by Crippen LogP contribution is -2.42. The van der Waals surface area contributed by atoms with E-state index in [1.165, 1.54) is 12.4 Å². The van der Waals surface area contributed by atoms with Crippen molar-refractivity contribution in [3.8, 4) is 0 Å². The molecular formula is C25H19Cl2N5O5. The number of carbonyl (C=O) groups is 2. The molecule has 0 bridgehead atoms. The van der Waals surface area contributed by atoms with Crippen LogP contribution in [0.4, 0.5) is 17.1 Å². The molecule has 0 fully saturated rings. The predicted molar refractivity (Wildman–Crippen MR) is 140 cm³/mol. The van der Waals surface area contributed by atoms with Gasteiger partial charge in [0.05, 0.1) is 15.6 Å². The lowest BCUT2D eigenvalue weighted by atomic mass is 10.0. The number of carboxylic acid groups (broad SMARTS) is 1. The van der Waals surface area contributed by atoms with Crippen molar-refractivity contribution in [2.45, 2.75) is 19.0 Å². The number of rotatable bonds is 10. The first-order valence-corrected chi connectivity index (χ1v) is 11.6. The average Bonchev–Trinajstić information content (AvgIpc) is 2.88. The Bertz CT molecular complexity index is 1500. The van der Waals surface area contributed by atoms with Crippen molar-refractivity contribution in [3.05, 3.63) is 108 Å². The number of carbonyl (C=O) groups excluding carboxylic acids is 1. The monoisotopic (exact) mass is 539 g/mol. The van der Waals surface area contributed by atoms with Gasteiger partial charge in [0.15, 0.2) is 0 Å². The average molecular weight is 540 g/mol. The third-order valence-corrected chi connectivity index (χ3v) is 6.02. The molecule has 0 saturated carbocycles. The van der Waals surface area contributed by atoms with E-state index in [2.05, 4.69) is 25.9 Å². The second-order valence-corrected chi connectivity index (χ2v) is 8.81. The molecule has 1 atom stereocenters. The van der Waals surface area contributed by atoms with Crippen molar-refractivity contribution >= 4 is 52.1 Å². The highest BCUT2D eigenvalue weighted by Gasteiger charge is 2.26. The number of hydrogen-bond donors (Lipinski definition) is 4. The van der Waals surface area contributed by atoms with Gasteiger partial charge in [-0.2, -0.15) is 0 Å². The van der Waals surface area contributed by atoms with Gasteiger partial charge in [-0.05, 0) is 29.3 Å². The summed E-state index contributed by atoms with van der Waals surface area (Å²) in [5.41, 5.74) is 0.373. The van der Waals surface area contributed by atoms with Gasteiger partial charge in [0.2, 0.25) is 0 Å². The van der Waals surface area contributed by atoms with Gasteiger partial charge < -0.3 is 21.1 Å². The van der Waals surface area contributed by atoms with Crippen LogP contribution in [-0.2, 0) is 17.8 Å². The van der Waals surface area contributed by atoms with Crippen molar-refractivity contribution in [1.29, 1.82) is 0 Å². The van der Waals surface area contributed by atoms with E-state index >= 15 is 0 Å². The van der Waals surface area contributed by atoms with Gasteiger partial charge >= 0.3 is 5.97 Å². The van der Waals surface area contributed by atoms with Crippen LogP contribution in [0.25, 0.3) is 0 Å². The molecule has 4 N–H and O–H groups in total. The smallest absolute Gasteiger partial charge is 0.326 e. The van der Waals surface area contributed by atoms with Crippen molar-refractivity contribution in [2.24, 2.45) is 0 Å².